The largest absolute Gasteiger partial charge is 0.384 e. The molecule has 0 saturated carbocycles. The van der Waals surface area contributed by atoms with Crippen LogP contribution in [0.1, 0.15) is 12.1 Å². The molecule has 0 saturated heterocycles. The molecule has 5 heteroatoms. The van der Waals surface area contributed by atoms with E-state index in [4.69, 9.17) is 5.73 Å². The number of hydrogen-bond acceptors (Lipinski definition) is 4. The Morgan fingerprint density at radius 2 is 2.31 bits per heavy atom. The van der Waals surface area contributed by atoms with Gasteiger partial charge in [0, 0.05) is 19.0 Å². The zero-order valence-electron chi connectivity index (χ0n) is 9.70. The first-order valence-electron chi connectivity index (χ1n) is 5.45. The fraction of sp³-hybridized carbons (Fsp3) is 0.455. The third-order valence-corrected chi connectivity index (χ3v) is 2.57. The molecule has 16 heavy (non-hydrogen) atoms. The molecule has 2 rings (SSSR count). The summed E-state index contributed by atoms with van der Waals surface area (Å²) >= 11 is 0. The fourth-order valence-electron chi connectivity index (χ4n) is 1.74. The summed E-state index contributed by atoms with van der Waals surface area (Å²) in [6.07, 6.45) is 2.80. The molecule has 0 bridgehead atoms. The first-order chi connectivity index (χ1) is 7.72. The minimum atomic E-state index is 0.703. The van der Waals surface area contributed by atoms with E-state index < -0.39 is 0 Å². The Morgan fingerprint density at radius 3 is 3.06 bits per heavy atom. The molecule has 0 radical (unpaired) electrons. The smallest absolute Gasteiger partial charge is 0.157 e. The molecular weight excluding hydrogens is 202 g/mol. The molecule has 0 aliphatic heterocycles. The summed E-state index contributed by atoms with van der Waals surface area (Å²) in [6, 6.07) is 2.08. The van der Waals surface area contributed by atoms with Crippen LogP contribution < -0.4 is 11.1 Å². The maximum absolute atomic E-state index is 5.44. The number of nitrogens with two attached hydrogens (primary N) is 1. The number of aromatic nitrogens is 3. The highest BCUT2D eigenvalue weighted by Gasteiger charge is 2.06. The quantitative estimate of drug-likeness (QED) is 0.754. The topological polar surface area (TPSA) is 68.8 Å². The minimum Gasteiger partial charge on any atom is -0.384 e. The molecule has 0 aliphatic rings. The number of anilines is 1. The molecule has 0 aromatic carbocycles. The molecule has 3 N–H and O–H groups in total. The van der Waals surface area contributed by atoms with Crippen molar-refractivity contribution in [3.05, 3.63) is 18.0 Å². The normalized spacial score (nSPS) is 10.9. The molecule has 2 aromatic rings. The van der Waals surface area contributed by atoms with Crippen molar-refractivity contribution in [3.8, 4) is 0 Å². The van der Waals surface area contributed by atoms with Gasteiger partial charge in [-0.3, -0.25) is 4.68 Å². The Hall–Kier alpha value is -1.62. The molecule has 5 nitrogen and oxygen atoms in total. The van der Waals surface area contributed by atoms with Gasteiger partial charge in [0.15, 0.2) is 5.65 Å². The first-order valence-corrected chi connectivity index (χ1v) is 5.45. The van der Waals surface area contributed by atoms with Crippen molar-refractivity contribution in [1.29, 1.82) is 0 Å². The predicted molar refractivity (Wildman–Crippen MR) is 65.4 cm³/mol. The summed E-state index contributed by atoms with van der Waals surface area (Å²) in [5.41, 5.74) is 8.39. The average molecular weight is 219 g/mol. The van der Waals surface area contributed by atoms with E-state index in [1.165, 1.54) is 0 Å². The van der Waals surface area contributed by atoms with Crippen LogP contribution in [-0.2, 0) is 7.05 Å². The highest BCUT2D eigenvalue weighted by atomic mass is 15.3. The van der Waals surface area contributed by atoms with Gasteiger partial charge < -0.3 is 11.1 Å². The number of pyridine rings is 1. The van der Waals surface area contributed by atoms with Crippen molar-refractivity contribution in [2.45, 2.75) is 13.3 Å². The monoisotopic (exact) mass is 219 g/mol. The van der Waals surface area contributed by atoms with E-state index in [2.05, 4.69) is 21.5 Å². The summed E-state index contributed by atoms with van der Waals surface area (Å²) < 4.78 is 1.80. The van der Waals surface area contributed by atoms with Crippen LogP contribution in [0.15, 0.2) is 12.3 Å². The van der Waals surface area contributed by atoms with Gasteiger partial charge in [-0.2, -0.15) is 5.10 Å². The zero-order chi connectivity index (χ0) is 11.5. The molecule has 86 valence electrons. The van der Waals surface area contributed by atoms with Crippen molar-refractivity contribution in [3.63, 3.8) is 0 Å². The van der Waals surface area contributed by atoms with E-state index in [0.717, 1.165) is 35.4 Å². The van der Waals surface area contributed by atoms with Crippen molar-refractivity contribution >= 4 is 16.7 Å². The van der Waals surface area contributed by atoms with Crippen molar-refractivity contribution in [1.82, 2.24) is 14.8 Å². The molecule has 0 spiro atoms. The summed E-state index contributed by atoms with van der Waals surface area (Å²) in [5.74, 6) is 0. The van der Waals surface area contributed by atoms with Crippen molar-refractivity contribution in [2.24, 2.45) is 12.8 Å². The summed E-state index contributed by atoms with van der Waals surface area (Å²) in [6.45, 7) is 3.57. The van der Waals surface area contributed by atoms with Gasteiger partial charge in [-0.15, -0.1) is 0 Å². The molecule has 0 aliphatic carbocycles. The van der Waals surface area contributed by atoms with Gasteiger partial charge in [0.1, 0.15) is 0 Å². The lowest BCUT2D eigenvalue weighted by Gasteiger charge is -2.04. The average Bonchev–Trinajstić information content (AvgIpc) is 2.55. The lowest BCUT2D eigenvalue weighted by Crippen LogP contribution is -2.08. The highest BCUT2D eigenvalue weighted by molar-refractivity contribution is 5.81. The van der Waals surface area contributed by atoms with Crippen molar-refractivity contribution in [2.75, 3.05) is 18.4 Å². The Bertz CT molecular complexity index is 488. The highest BCUT2D eigenvalue weighted by Crippen LogP contribution is 2.18. The third kappa shape index (κ3) is 1.99. The summed E-state index contributed by atoms with van der Waals surface area (Å²) in [4.78, 5) is 4.39. The van der Waals surface area contributed by atoms with Crippen LogP contribution in [0, 0.1) is 6.92 Å². The Balaban J connectivity index is 2.25. The number of nitrogens with zero attached hydrogens (tertiary/aromatic N) is 3. The molecular formula is C11H17N5. The van der Waals surface area contributed by atoms with Gasteiger partial charge in [0.05, 0.1) is 17.6 Å². The maximum Gasteiger partial charge on any atom is 0.157 e. The molecule has 0 atom stereocenters. The molecule has 0 unspecified atom stereocenters. The van der Waals surface area contributed by atoms with Gasteiger partial charge in [-0.05, 0) is 26.0 Å². The lowest BCUT2D eigenvalue weighted by molar-refractivity contribution is 0.774. The van der Waals surface area contributed by atoms with E-state index in [1.54, 1.807) is 4.68 Å². The van der Waals surface area contributed by atoms with E-state index in [0.29, 0.717) is 6.54 Å². The van der Waals surface area contributed by atoms with E-state index in [-0.39, 0.29) is 0 Å². The minimum absolute atomic E-state index is 0.703. The van der Waals surface area contributed by atoms with Crippen molar-refractivity contribution < 1.29 is 0 Å². The van der Waals surface area contributed by atoms with Crippen LogP contribution in [0.2, 0.25) is 0 Å². The first kappa shape index (κ1) is 10.9. The van der Waals surface area contributed by atoms with Crippen LogP contribution in [0.25, 0.3) is 11.0 Å². The SMILES string of the molecule is Cc1nn(C)c2ncc(NCCCN)cc12. The number of aryl methyl sites for hydroxylation is 2. The maximum atomic E-state index is 5.44. The van der Waals surface area contributed by atoms with Gasteiger partial charge >= 0.3 is 0 Å². The zero-order valence-corrected chi connectivity index (χ0v) is 9.70. The van der Waals surface area contributed by atoms with Crippen LogP contribution in [0.3, 0.4) is 0 Å². The molecule has 0 amide bonds. The molecule has 2 aromatic heterocycles. The number of rotatable bonds is 4. The third-order valence-electron chi connectivity index (χ3n) is 2.57. The number of hydrogen-bond donors (Lipinski definition) is 2. The van der Waals surface area contributed by atoms with Crippen LogP contribution in [0.5, 0.6) is 0 Å². The lowest BCUT2D eigenvalue weighted by atomic mass is 10.2. The number of nitrogens with one attached hydrogen (secondary N) is 1. The second-order valence-electron chi connectivity index (χ2n) is 3.87. The van der Waals surface area contributed by atoms with Gasteiger partial charge in [-0.1, -0.05) is 0 Å². The van der Waals surface area contributed by atoms with Crippen LogP contribution in [-0.4, -0.2) is 27.9 Å². The van der Waals surface area contributed by atoms with Crippen LogP contribution in [0.4, 0.5) is 5.69 Å². The van der Waals surface area contributed by atoms with Gasteiger partial charge in [0.2, 0.25) is 0 Å². The Kier molecular flexibility index (Phi) is 3.05. The van der Waals surface area contributed by atoms with E-state index >= 15 is 0 Å². The second-order valence-corrected chi connectivity index (χ2v) is 3.87. The van der Waals surface area contributed by atoms with Gasteiger partial charge in [0.25, 0.3) is 0 Å². The van der Waals surface area contributed by atoms with Gasteiger partial charge in [-0.25, -0.2) is 4.98 Å². The standard InChI is InChI=1S/C11H17N5/c1-8-10-6-9(13-5-3-4-12)7-14-11(10)16(2)15-8/h6-7,13H,3-5,12H2,1-2H3. The Labute approximate surface area is 94.7 Å². The van der Waals surface area contributed by atoms with E-state index in [1.807, 2.05) is 20.2 Å². The number of fused-ring (bicyclic) bond motifs is 1. The Morgan fingerprint density at radius 1 is 1.50 bits per heavy atom. The predicted octanol–water partition coefficient (Wildman–Crippen LogP) is 1.04. The summed E-state index contributed by atoms with van der Waals surface area (Å²) in [7, 11) is 1.91. The fourth-order valence-corrected chi connectivity index (χ4v) is 1.74. The van der Waals surface area contributed by atoms with E-state index in [9.17, 15) is 0 Å². The van der Waals surface area contributed by atoms with Crippen LogP contribution >= 0.6 is 0 Å². The second kappa shape index (κ2) is 4.49. The molecule has 2 heterocycles. The summed E-state index contributed by atoms with van der Waals surface area (Å²) in [5, 5.41) is 8.73. The molecule has 0 fully saturated rings.